The first-order valence-corrected chi connectivity index (χ1v) is 5.67. The largest absolute Gasteiger partial charge is 1.00 e. The van der Waals surface area contributed by atoms with Crippen LogP contribution >= 0.6 is 0 Å². The minimum atomic E-state index is 0. The first-order valence-electron chi connectivity index (χ1n) is 5.67. The fraction of sp³-hybridized carbons (Fsp3) is 0.692. The van der Waals surface area contributed by atoms with Crippen molar-refractivity contribution in [1.29, 1.82) is 0 Å². The fourth-order valence-corrected chi connectivity index (χ4v) is 1.94. The predicted octanol–water partition coefficient (Wildman–Crippen LogP) is 1.60. The quantitative estimate of drug-likeness (QED) is 0.436. The van der Waals surface area contributed by atoms with Crippen LogP contribution in [0.1, 0.15) is 53.8 Å². The van der Waals surface area contributed by atoms with Crippen molar-refractivity contribution in [1.82, 2.24) is 0 Å². The zero-order valence-electron chi connectivity index (χ0n) is 11.1. The van der Waals surface area contributed by atoms with Crippen molar-refractivity contribution in [2.75, 3.05) is 0 Å². The molecule has 1 heteroatoms. The van der Waals surface area contributed by atoms with Crippen LogP contribution in [0.5, 0.6) is 0 Å². The molecular formula is C13H23Li. The second-order valence-corrected chi connectivity index (χ2v) is 4.26. The molecule has 0 aromatic heterocycles. The van der Waals surface area contributed by atoms with Gasteiger partial charge in [-0.15, -0.1) is 0 Å². The number of rotatable bonds is 6. The Hall–Kier alpha value is 0.0774. The van der Waals surface area contributed by atoms with E-state index in [9.17, 15) is 0 Å². The minimum Gasteiger partial charge on any atom is -1.00 e. The van der Waals surface area contributed by atoms with Crippen molar-refractivity contribution < 1.29 is 20.3 Å². The van der Waals surface area contributed by atoms with Crippen molar-refractivity contribution in [2.24, 2.45) is 5.92 Å². The van der Waals surface area contributed by atoms with Crippen LogP contribution in [0.2, 0.25) is 0 Å². The van der Waals surface area contributed by atoms with Gasteiger partial charge in [0.1, 0.15) is 0 Å². The van der Waals surface area contributed by atoms with Gasteiger partial charge in [-0.1, -0.05) is 63.3 Å². The molecule has 1 unspecified atom stereocenters. The maximum Gasteiger partial charge on any atom is 1.00 e. The van der Waals surface area contributed by atoms with Crippen LogP contribution in [0.4, 0.5) is 0 Å². The summed E-state index contributed by atoms with van der Waals surface area (Å²) in [5, 5.41) is 0. The first kappa shape index (κ1) is 14.1. The van der Waals surface area contributed by atoms with E-state index in [1.54, 1.807) is 5.57 Å². The molecule has 0 heterocycles. The van der Waals surface area contributed by atoms with Gasteiger partial charge in [0.2, 0.25) is 0 Å². The standard InChI is InChI=1S/C13H22.Li.H/c1-3-4-5-8-12(2)11-13-9-6-7-10-13;;/h6-7,9,12H,3-5,8,10-11H2,1-2H3;;/q;+1;-1. The van der Waals surface area contributed by atoms with Gasteiger partial charge in [0.25, 0.3) is 0 Å². The van der Waals surface area contributed by atoms with Crippen LogP contribution in [-0.2, 0) is 0 Å². The molecule has 1 rings (SSSR count). The summed E-state index contributed by atoms with van der Waals surface area (Å²) in [5.41, 5.74) is 1.63. The topological polar surface area (TPSA) is 0 Å². The third-order valence-electron chi connectivity index (χ3n) is 2.76. The number of unbranched alkanes of at least 4 members (excludes halogenated alkanes) is 2. The van der Waals surface area contributed by atoms with Gasteiger partial charge in [-0.3, -0.25) is 0 Å². The maximum absolute atomic E-state index is 2.38. The second kappa shape index (κ2) is 8.39. The van der Waals surface area contributed by atoms with E-state index in [1.165, 1.54) is 38.5 Å². The molecule has 0 amide bonds. The van der Waals surface area contributed by atoms with E-state index in [0.29, 0.717) is 0 Å². The molecule has 0 radical (unpaired) electrons. The molecule has 14 heavy (non-hydrogen) atoms. The van der Waals surface area contributed by atoms with E-state index in [1.807, 2.05) is 0 Å². The summed E-state index contributed by atoms with van der Waals surface area (Å²) < 4.78 is 0. The molecule has 0 aromatic carbocycles. The maximum atomic E-state index is 2.38. The molecule has 0 aromatic rings. The Morgan fingerprint density at radius 3 is 2.79 bits per heavy atom. The number of hydrogen-bond donors (Lipinski definition) is 0. The Morgan fingerprint density at radius 1 is 1.43 bits per heavy atom. The van der Waals surface area contributed by atoms with Gasteiger partial charge < -0.3 is 1.43 Å². The van der Waals surface area contributed by atoms with Crippen molar-refractivity contribution in [2.45, 2.75) is 52.4 Å². The van der Waals surface area contributed by atoms with Crippen molar-refractivity contribution in [3.63, 3.8) is 0 Å². The summed E-state index contributed by atoms with van der Waals surface area (Å²) in [6.45, 7) is 4.66. The summed E-state index contributed by atoms with van der Waals surface area (Å²) in [4.78, 5) is 0. The smallest absolute Gasteiger partial charge is 1.00 e. The van der Waals surface area contributed by atoms with E-state index < -0.39 is 0 Å². The summed E-state index contributed by atoms with van der Waals surface area (Å²) in [5.74, 6) is 0.887. The molecule has 0 aliphatic heterocycles. The van der Waals surface area contributed by atoms with E-state index in [2.05, 4.69) is 32.1 Å². The summed E-state index contributed by atoms with van der Waals surface area (Å²) >= 11 is 0. The van der Waals surface area contributed by atoms with Crippen LogP contribution in [0, 0.1) is 5.92 Å². The van der Waals surface area contributed by atoms with Gasteiger partial charge in [0.15, 0.2) is 0 Å². The van der Waals surface area contributed by atoms with Gasteiger partial charge in [-0.05, 0) is 18.8 Å². The van der Waals surface area contributed by atoms with Crippen LogP contribution in [0.15, 0.2) is 23.8 Å². The van der Waals surface area contributed by atoms with E-state index in [-0.39, 0.29) is 20.3 Å². The van der Waals surface area contributed by atoms with Gasteiger partial charge >= 0.3 is 18.9 Å². The van der Waals surface area contributed by atoms with Gasteiger partial charge in [-0.2, -0.15) is 0 Å². The normalized spacial score (nSPS) is 16.3. The zero-order valence-corrected chi connectivity index (χ0v) is 10.1. The Balaban J connectivity index is 0. The third kappa shape index (κ3) is 5.73. The van der Waals surface area contributed by atoms with E-state index >= 15 is 0 Å². The Morgan fingerprint density at radius 2 is 2.21 bits per heavy atom. The SMILES string of the molecule is CCCCCC(C)CC1=CC=CC1.[H-].[Li+]. The summed E-state index contributed by atoms with van der Waals surface area (Å²) in [7, 11) is 0. The van der Waals surface area contributed by atoms with E-state index in [0.717, 1.165) is 5.92 Å². The molecule has 1 atom stereocenters. The number of allylic oxidation sites excluding steroid dienone is 4. The van der Waals surface area contributed by atoms with Crippen molar-refractivity contribution in [3.05, 3.63) is 23.8 Å². The zero-order chi connectivity index (χ0) is 9.52. The fourth-order valence-electron chi connectivity index (χ4n) is 1.94. The van der Waals surface area contributed by atoms with Crippen molar-refractivity contribution >= 4 is 0 Å². The monoisotopic (exact) mass is 186 g/mol. The molecular weight excluding hydrogens is 163 g/mol. The molecule has 76 valence electrons. The Bertz CT molecular complexity index is 197. The molecule has 0 saturated carbocycles. The molecule has 0 fully saturated rings. The van der Waals surface area contributed by atoms with Crippen molar-refractivity contribution in [3.8, 4) is 0 Å². The molecule has 0 saturated heterocycles. The van der Waals surface area contributed by atoms with Gasteiger partial charge in [-0.25, -0.2) is 0 Å². The molecule has 1 aliphatic carbocycles. The van der Waals surface area contributed by atoms with E-state index in [4.69, 9.17) is 0 Å². The van der Waals surface area contributed by atoms with Gasteiger partial charge in [0.05, 0.1) is 0 Å². The summed E-state index contributed by atoms with van der Waals surface area (Å²) in [6.07, 6.45) is 14.8. The average Bonchev–Trinajstić information content (AvgIpc) is 2.57. The van der Waals surface area contributed by atoms with Gasteiger partial charge in [0, 0.05) is 0 Å². The molecule has 0 spiro atoms. The van der Waals surface area contributed by atoms with Crippen LogP contribution in [0.25, 0.3) is 0 Å². The Kier molecular flexibility index (Phi) is 8.44. The second-order valence-electron chi connectivity index (χ2n) is 4.26. The third-order valence-corrected chi connectivity index (χ3v) is 2.76. The van der Waals surface area contributed by atoms with Crippen LogP contribution in [-0.4, -0.2) is 0 Å². The number of hydrogen-bond acceptors (Lipinski definition) is 0. The predicted molar refractivity (Wildman–Crippen MR) is 60.9 cm³/mol. The van der Waals surface area contributed by atoms with Crippen LogP contribution in [0.3, 0.4) is 0 Å². The average molecular weight is 186 g/mol. The minimum absolute atomic E-state index is 0. The summed E-state index contributed by atoms with van der Waals surface area (Å²) in [6, 6.07) is 0. The van der Waals surface area contributed by atoms with Crippen LogP contribution < -0.4 is 18.9 Å². The first-order chi connectivity index (χ1) is 6.33. The Labute approximate surface area is 103 Å². The molecule has 0 bridgehead atoms. The molecule has 0 nitrogen and oxygen atoms in total. The molecule has 1 aliphatic rings. The molecule has 0 N–H and O–H groups in total.